The fourth-order valence-corrected chi connectivity index (χ4v) is 4.16. The second kappa shape index (κ2) is 5.28. The van der Waals surface area contributed by atoms with E-state index in [0.29, 0.717) is 11.0 Å². The fraction of sp³-hybridized carbons (Fsp3) is 0.647. The Morgan fingerprint density at radius 3 is 2.10 bits per heavy atom. The maximum atomic E-state index is 10.0. The molecule has 0 aromatic heterocycles. The van der Waals surface area contributed by atoms with Crippen LogP contribution in [0.2, 0.25) is 0 Å². The lowest BCUT2D eigenvalue weighted by Crippen LogP contribution is -2.40. The third kappa shape index (κ3) is 2.39. The van der Waals surface area contributed by atoms with Crippen LogP contribution in [-0.2, 0) is 0 Å². The molecule has 3 rings (SSSR count). The summed E-state index contributed by atoms with van der Waals surface area (Å²) in [7, 11) is 0. The largest absolute Gasteiger partial charge is 0.507 e. The van der Waals surface area contributed by atoms with E-state index < -0.39 is 0 Å². The van der Waals surface area contributed by atoms with Crippen molar-refractivity contribution in [3.8, 4) is 11.5 Å². The lowest BCUT2D eigenvalue weighted by atomic mass is 9.76. The summed E-state index contributed by atoms with van der Waals surface area (Å²) in [6.45, 7) is 4.24. The molecule has 1 spiro atoms. The Balaban J connectivity index is 1.71. The Kier molecular flexibility index (Phi) is 3.63. The first-order valence-corrected chi connectivity index (χ1v) is 7.86. The minimum atomic E-state index is 0.0787. The van der Waals surface area contributed by atoms with Gasteiger partial charge in [-0.1, -0.05) is 18.9 Å². The summed E-state index contributed by atoms with van der Waals surface area (Å²) in [5, 5.41) is 20.0. The van der Waals surface area contributed by atoms with Crippen LogP contribution in [0.25, 0.3) is 0 Å². The first kappa shape index (κ1) is 13.7. The molecule has 110 valence electrons. The second-order valence-corrected chi connectivity index (χ2v) is 6.63. The average Bonchev–Trinajstić information content (AvgIpc) is 2.87. The Morgan fingerprint density at radius 2 is 1.55 bits per heavy atom. The predicted molar refractivity (Wildman–Crippen MR) is 79.9 cm³/mol. The molecule has 1 saturated heterocycles. The van der Waals surface area contributed by atoms with Gasteiger partial charge in [-0.25, -0.2) is 0 Å². The average molecular weight is 275 g/mol. The number of likely N-dealkylation sites (tertiary alicyclic amines) is 1. The van der Waals surface area contributed by atoms with Crippen molar-refractivity contribution < 1.29 is 10.2 Å². The van der Waals surface area contributed by atoms with E-state index in [2.05, 4.69) is 11.8 Å². The third-order valence-electron chi connectivity index (χ3n) is 5.55. The summed E-state index contributed by atoms with van der Waals surface area (Å²) >= 11 is 0. The minimum absolute atomic E-state index is 0.0787. The maximum absolute atomic E-state index is 10.0. The lowest BCUT2D eigenvalue weighted by molar-refractivity contribution is 0.0797. The molecule has 20 heavy (non-hydrogen) atoms. The van der Waals surface area contributed by atoms with Crippen LogP contribution in [0.5, 0.6) is 11.5 Å². The highest BCUT2D eigenvalue weighted by Crippen LogP contribution is 2.47. The fourth-order valence-electron chi connectivity index (χ4n) is 4.16. The predicted octanol–water partition coefficient (Wildman–Crippen LogP) is 3.82. The zero-order valence-electron chi connectivity index (χ0n) is 12.3. The number of aromatic hydroxyl groups is 2. The molecule has 2 aliphatic rings. The smallest absolute Gasteiger partial charge is 0.124 e. The van der Waals surface area contributed by atoms with E-state index >= 15 is 0 Å². The molecular formula is C17H25NO2. The van der Waals surface area contributed by atoms with Crippen molar-refractivity contribution in [2.24, 2.45) is 5.41 Å². The number of nitrogens with zero attached hydrogens (tertiary/aromatic N) is 1. The van der Waals surface area contributed by atoms with Crippen LogP contribution in [0, 0.1) is 5.41 Å². The van der Waals surface area contributed by atoms with Crippen molar-refractivity contribution in [1.82, 2.24) is 4.90 Å². The van der Waals surface area contributed by atoms with Gasteiger partial charge in [-0.3, -0.25) is 4.90 Å². The number of phenolic OH excluding ortho intramolecular Hbond substituents is 2. The Morgan fingerprint density at radius 1 is 1.00 bits per heavy atom. The van der Waals surface area contributed by atoms with Gasteiger partial charge in [0, 0.05) is 6.04 Å². The van der Waals surface area contributed by atoms with Crippen molar-refractivity contribution >= 4 is 0 Å². The van der Waals surface area contributed by atoms with Crippen molar-refractivity contribution in [3.63, 3.8) is 0 Å². The molecule has 2 fully saturated rings. The Hall–Kier alpha value is -1.22. The SMILES string of the molecule is CC(c1c(O)cccc1O)N1CCC2(CCCC2)CC1. The Bertz CT molecular complexity index is 450. The van der Waals surface area contributed by atoms with Gasteiger partial charge in [0.25, 0.3) is 0 Å². The highest BCUT2D eigenvalue weighted by molar-refractivity contribution is 5.45. The summed E-state index contributed by atoms with van der Waals surface area (Å²) in [4.78, 5) is 2.40. The summed E-state index contributed by atoms with van der Waals surface area (Å²) in [6.07, 6.45) is 8.14. The number of hydrogen-bond acceptors (Lipinski definition) is 3. The van der Waals surface area contributed by atoms with Gasteiger partial charge in [-0.05, 0) is 63.2 Å². The zero-order valence-corrected chi connectivity index (χ0v) is 12.3. The summed E-state index contributed by atoms with van der Waals surface area (Å²) < 4.78 is 0. The van der Waals surface area contributed by atoms with Crippen molar-refractivity contribution in [1.29, 1.82) is 0 Å². The summed E-state index contributed by atoms with van der Waals surface area (Å²) in [5.41, 5.74) is 1.28. The molecule has 1 aliphatic carbocycles. The van der Waals surface area contributed by atoms with Gasteiger partial charge in [0.05, 0.1) is 5.56 Å². The molecule has 1 saturated carbocycles. The molecule has 0 amide bonds. The topological polar surface area (TPSA) is 43.7 Å². The number of phenols is 2. The van der Waals surface area contributed by atoms with Gasteiger partial charge in [-0.15, -0.1) is 0 Å². The van der Waals surface area contributed by atoms with Crippen molar-refractivity contribution in [2.75, 3.05) is 13.1 Å². The van der Waals surface area contributed by atoms with Crippen LogP contribution in [0.15, 0.2) is 18.2 Å². The van der Waals surface area contributed by atoms with E-state index in [1.807, 2.05) is 0 Å². The molecule has 1 unspecified atom stereocenters. The van der Waals surface area contributed by atoms with Crippen LogP contribution in [0.1, 0.15) is 57.1 Å². The number of piperidine rings is 1. The third-order valence-corrected chi connectivity index (χ3v) is 5.55. The molecule has 1 atom stereocenters. The van der Waals surface area contributed by atoms with E-state index in [-0.39, 0.29) is 17.5 Å². The molecule has 0 radical (unpaired) electrons. The molecule has 1 aromatic carbocycles. The zero-order chi connectivity index (χ0) is 14.2. The van der Waals surface area contributed by atoms with E-state index in [4.69, 9.17) is 0 Å². The summed E-state index contributed by atoms with van der Waals surface area (Å²) in [5.74, 6) is 0.414. The molecule has 3 nitrogen and oxygen atoms in total. The molecule has 1 aromatic rings. The van der Waals surface area contributed by atoms with Gasteiger partial charge in [0.1, 0.15) is 11.5 Å². The molecule has 2 N–H and O–H groups in total. The van der Waals surface area contributed by atoms with Crippen LogP contribution in [-0.4, -0.2) is 28.2 Å². The quantitative estimate of drug-likeness (QED) is 0.862. The van der Waals surface area contributed by atoms with Gasteiger partial charge in [-0.2, -0.15) is 0 Å². The van der Waals surface area contributed by atoms with Crippen LogP contribution >= 0.6 is 0 Å². The highest BCUT2D eigenvalue weighted by Gasteiger charge is 2.38. The van der Waals surface area contributed by atoms with Crippen molar-refractivity contribution in [3.05, 3.63) is 23.8 Å². The Labute approximate surface area is 121 Å². The van der Waals surface area contributed by atoms with Gasteiger partial charge in [0.2, 0.25) is 0 Å². The van der Waals surface area contributed by atoms with Crippen LogP contribution < -0.4 is 0 Å². The minimum Gasteiger partial charge on any atom is -0.507 e. The molecular weight excluding hydrogens is 250 g/mol. The van der Waals surface area contributed by atoms with Gasteiger partial charge >= 0.3 is 0 Å². The highest BCUT2D eigenvalue weighted by atomic mass is 16.3. The first-order chi connectivity index (χ1) is 9.61. The number of rotatable bonds is 2. The van der Waals surface area contributed by atoms with E-state index in [1.54, 1.807) is 18.2 Å². The number of hydrogen-bond donors (Lipinski definition) is 2. The van der Waals surface area contributed by atoms with Crippen LogP contribution in [0.3, 0.4) is 0 Å². The standard InChI is InChI=1S/C17H25NO2/c1-13(16-14(19)5-4-6-15(16)20)18-11-9-17(10-12-18)7-2-3-8-17/h4-6,13,19-20H,2-3,7-12H2,1H3. The maximum Gasteiger partial charge on any atom is 0.124 e. The molecule has 3 heteroatoms. The molecule has 0 bridgehead atoms. The molecule has 1 heterocycles. The van der Waals surface area contributed by atoms with Gasteiger partial charge in [0.15, 0.2) is 0 Å². The lowest BCUT2D eigenvalue weighted by Gasteiger charge is -2.42. The first-order valence-electron chi connectivity index (χ1n) is 7.86. The number of benzene rings is 1. The van der Waals surface area contributed by atoms with Crippen LogP contribution in [0.4, 0.5) is 0 Å². The second-order valence-electron chi connectivity index (χ2n) is 6.63. The van der Waals surface area contributed by atoms with E-state index in [1.165, 1.54) is 38.5 Å². The summed E-state index contributed by atoms with van der Waals surface area (Å²) in [6, 6.07) is 5.09. The van der Waals surface area contributed by atoms with Crippen molar-refractivity contribution in [2.45, 2.75) is 51.5 Å². The van der Waals surface area contributed by atoms with E-state index in [0.717, 1.165) is 13.1 Å². The van der Waals surface area contributed by atoms with E-state index in [9.17, 15) is 10.2 Å². The monoisotopic (exact) mass is 275 g/mol. The molecule has 1 aliphatic heterocycles. The van der Waals surface area contributed by atoms with Gasteiger partial charge < -0.3 is 10.2 Å². The normalized spacial score (nSPS) is 24.1.